The first-order valence-corrected chi connectivity index (χ1v) is 5.00. The molecule has 0 bridgehead atoms. The Balaban J connectivity index is 2.96. The largest absolute Gasteiger partial charge is 0.125 e. The molecule has 0 saturated carbocycles. The van der Waals surface area contributed by atoms with Crippen molar-refractivity contribution in [1.29, 1.82) is 0 Å². The zero-order chi connectivity index (χ0) is 8.27. The maximum absolute atomic E-state index is 6.05. The standard InChI is InChI=1S/C9H11ClS/c1-3-11-8-6-4-5-7(2)9(8)10/h4-6H,3H2,1-2H3. The van der Waals surface area contributed by atoms with Crippen molar-refractivity contribution in [2.24, 2.45) is 0 Å². The van der Waals surface area contributed by atoms with Gasteiger partial charge in [0.1, 0.15) is 0 Å². The Morgan fingerprint density at radius 2 is 2.18 bits per heavy atom. The van der Waals surface area contributed by atoms with E-state index in [0.717, 1.165) is 16.3 Å². The van der Waals surface area contributed by atoms with E-state index >= 15 is 0 Å². The number of halogens is 1. The Kier molecular flexibility index (Phi) is 3.28. The first kappa shape index (κ1) is 8.95. The first-order chi connectivity index (χ1) is 5.25. The van der Waals surface area contributed by atoms with Crippen molar-refractivity contribution in [2.45, 2.75) is 18.7 Å². The van der Waals surface area contributed by atoms with Crippen molar-refractivity contribution in [3.63, 3.8) is 0 Å². The molecule has 0 aliphatic rings. The summed E-state index contributed by atoms with van der Waals surface area (Å²) in [6.45, 7) is 4.16. The van der Waals surface area contributed by atoms with Crippen LogP contribution in [0.2, 0.25) is 5.02 Å². The van der Waals surface area contributed by atoms with Gasteiger partial charge in [-0.1, -0.05) is 30.7 Å². The van der Waals surface area contributed by atoms with Crippen LogP contribution < -0.4 is 0 Å². The number of hydrogen-bond acceptors (Lipinski definition) is 1. The minimum atomic E-state index is 0.902. The van der Waals surface area contributed by atoms with Crippen LogP contribution in [0.3, 0.4) is 0 Å². The van der Waals surface area contributed by atoms with E-state index in [-0.39, 0.29) is 0 Å². The second-order valence-corrected chi connectivity index (χ2v) is 4.00. The number of rotatable bonds is 2. The molecular formula is C9H11ClS. The smallest absolute Gasteiger partial charge is 0.0570 e. The molecule has 60 valence electrons. The molecule has 0 atom stereocenters. The summed E-state index contributed by atoms with van der Waals surface area (Å²) >= 11 is 7.84. The van der Waals surface area contributed by atoms with Crippen LogP contribution >= 0.6 is 23.4 Å². The van der Waals surface area contributed by atoms with Gasteiger partial charge in [-0.3, -0.25) is 0 Å². The van der Waals surface area contributed by atoms with E-state index in [4.69, 9.17) is 11.6 Å². The van der Waals surface area contributed by atoms with Gasteiger partial charge in [-0.2, -0.15) is 0 Å². The molecule has 0 aliphatic carbocycles. The summed E-state index contributed by atoms with van der Waals surface area (Å²) in [4.78, 5) is 1.19. The minimum Gasteiger partial charge on any atom is -0.125 e. The predicted octanol–water partition coefficient (Wildman–Crippen LogP) is 3.76. The number of benzene rings is 1. The molecule has 11 heavy (non-hydrogen) atoms. The molecule has 1 aromatic carbocycles. The Morgan fingerprint density at radius 3 is 2.82 bits per heavy atom. The highest BCUT2D eigenvalue weighted by atomic mass is 35.5. The molecular weight excluding hydrogens is 176 g/mol. The highest BCUT2D eigenvalue weighted by Gasteiger charge is 2.00. The lowest BCUT2D eigenvalue weighted by Crippen LogP contribution is -1.79. The second kappa shape index (κ2) is 4.03. The van der Waals surface area contributed by atoms with Crippen LogP contribution in [0.15, 0.2) is 23.1 Å². The maximum atomic E-state index is 6.05. The van der Waals surface area contributed by atoms with Gasteiger partial charge in [0.05, 0.1) is 5.02 Å². The van der Waals surface area contributed by atoms with Crippen LogP contribution in [0.25, 0.3) is 0 Å². The summed E-state index contributed by atoms with van der Waals surface area (Å²) in [5, 5.41) is 0.902. The molecule has 0 N–H and O–H groups in total. The van der Waals surface area contributed by atoms with Gasteiger partial charge in [0.15, 0.2) is 0 Å². The molecule has 2 heteroatoms. The van der Waals surface area contributed by atoms with Gasteiger partial charge in [0.25, 0.3) is 0 Å². The first-order valence-electron chi connectivity index (χ1n) is 3.63. The lowest BCUT2D eigenvalue weighted by molar-refractivity contribution is 1.35. The number of aryl methyl sites for hydroxylation is 1. The zero-order valence-electron chi connectivity index (χ0n) is 6.73. The Labute approximate surface area is 77.0 Å². The SMILES string of the molecule is CCSc1cccc(C)c1Cl. The van der Waals surface area contributed by atoms with Crippen molar-refractivity contribution < 1.29 is 0 Å². The highest BCUT2D eigenvalue weighted by molar-refractivity contribution is 7.99. The topological polar surface area (TPSA) is 0 Å². The quantitative estimate of drug-likeness (QED) is 0.634. The van der Waals surface area contributed by atoms with E-state index in [2.05, 4.69) is 13.0 Å². The third kappa shape index (κ3) is 2.14. The fourth-order valence-corrected chi connectivity index (χ4v) is 1.95. The summed E-state index contributed by atoms with van der Waals surface area (Å²) in [6, 6.07) is 6.13. The molecule has 0 aliphatic heterocycles. The minimum absolute atomic E-state index is 0.902. The van der Waals surface area contributed by atoms with E-state index in [1.807, 2.05) is 19.1 Å². The Bertz CT molecular complexity index is 245. The molecule has 0 amide bonds. The summed E-state index contributed by atoms with van der Waals surface area (Å²) < 4.78 is 0. The molecule has 0 radical (unpaired) electrons. The van der Waals surface area contributed by atoms with Gasteiger partial charge in [0, 0.05) is 4.90 Å². The van der Waals surface area contributed by atoms with E-state index < -0.39 is 0 Å². The predicted molar refractivity (Wildman–Crippen MR) is 52.6 cm³/mol. The normalized spacial score (nSPS) is 10.1. The van der Waals surface area contributed by atoms with Crippen molar-refractivity contribution in [2.75, 3.05) is 5.75 Å². The second-order valence-electron chi connectivity index (χ2n) is 2.32. The fourth-order valence-electron chi connectivity index (χ4n) is 0.887. The molecule has 0 heterocycles. The Hall–Kier alpha value is -0.140. The summed E-state index contributed by atoms with van der Waals surface area (Å²) in [5.74, 6) is 1.07. The van der Waals surface area contributed by atoms with Crippen LogP contribution in [0.1, 0.15) is 12.5 Å². The van der Waals surface area contributed by atoms with E-state index in [1.54, 1.807) is 11.8 Å². The molecule has 0 unspecified atom stereocenters. The third-order valence-corrected chi connectivity index (χ3v) is 3.01. The van der Waals surface area contributed by atoms with Crippen molar-refractivity contribution in [3.8, 4) is 0 Å². The van der Waals surface area contributed by atoms with Gasteiger partial charge in [0.2, 0.25) is 0 Å². The van der Waals surface area contributed by atoms with E-state index in [0.29, 0.717) is 0 Å². The zero-order valence-corrected chi connectivity index (χ0v) is 8.30. The number of thioether (sulfide) groups is 1. The van der Waals surface area contributed by atoms with Crippen LogP contribution in [0.4, 0.5) is 0 Å². The van der Waals surface area contributed by atoms with Crippen molar-refractivity contribution in [3.05, 3.63) is 28.8 Å². The molecule has 1 aromatic rings. The molecule has 1 rings (SSSR count). The third-order valence-electron chi connectivity index (χ3n) is 1.46. The van der Waals surface area contributed by atoms with E-state index in [9.17, 15) is 0 Å². The van der Waals surface area contributed by atoms with Gasteiger partial charge in [-0.25, -0.2) is 0 Å². The van der Waals surface area contributed by atoms with E-state index in [1.165, 1.54) is 4.90 Å². The Morgan fingerprint density at radius 1 is 1.45 bits per heavy atom. The van der Waals surface area contributed by atoms with Crippen molar-refractivity contribution >= 4 is 23.4 Å². The van der Waals surface area contributed by atoms with Gasteiger partial charge in [-0.15, -0.1) is 11.8 Å². The maximum Gasteiger partial charge on any atom is 0.0570 e. The van der Waals surface area contributed by atoms with Gasteiger partial charge in [-0.05, 0) is 24.3 Å². The lowest BCUT2D eigenvalue weighted by Gasteiger charge is -2.03. The van der Waals surface area contributed by atoms with Gasteiger partial charge < -0.3 is 0 Å². The van der Waals surface area contributed by atoms with Crippen molar-refractivity contribution in [1.82, 2.24) is 0 Å². The van der Waals surface area contributed by atoms with Crippen LogP contribution in [0.5, 0.6) is 0 Å². The summed E-state index contributed by atoms with van der Waals surface area (Å²) in [5.41, 5.74) is 1.16. The fraction of sp³-hybridized carbons (Fsp3) is 0.333. The summed E-state index contributed by atoms with van der Waals surface area (Å²) in [6.07, 6.45) is 0. The van der Waals surface area contributed by atoms with Crippen LogP contribution in [-0.4, -0.2) is 5.75 Å². The van der Waals surface area contributed by atoms with Gasteiger partial charge >= 0.3 is 0 Å². The average molecular weight is 187 g/mol. The lowest BCUT2D eigenvalue weighted by atomic mass is 10.2. The van der Waals surface area contributed by atoms with Crippen LogP contribution in [-0.2, 0) is 0 Å². The average Bonchev–Trinajstić information content (AvgIpc) is 1.99. The van der Waals surface area contributed by atoms with Crippen LogP contribution in [0, 0.1) is 6.92 Å². The highest BCUT2D eigenvalue weighted by Crippen LogP contribution is 2.28. The summed E-state index contributed by atoms with van der Waals surface area (Å²) in [7, 11) is 0. The molecule has 0 saturated heterocycles. The molecule has 0 nitrogen and oxygen atoms in total. The monoisotopic (exact) mass is 186 g/mol. The number of hydrogen-bond donors (Lipinski definition) is 0. The molecule has 0 fully saturated rings. The molecule has 0 spiro atoms. The molecule has 0 aromatic heterocycles.